The number of hydrogen-bond donors (Lipinski definition) is 1. The molecule has 0 saturated carbocycles. The Morgan fingerprint density at radius 1 is 1.00 bits per heavy atom. The average molecular weight is 274 g/mol. The number of rotatable bonds is 2. The predicted octanol–water partition coefficient (Wildman–Crippen LogP) is 3.59. The van der Waals surface area contributed by atoms with Crippen molar-refractivity contribution in [3.05, 3.63) is 61.2 Å². The van der Waals surface area contributed by atoms with Crippen LogP contribution < -0.4 is 5.32 Å². The van der Waals surface area contributed by atoms with Crippen LogP contribution in [0.2, 0.25) is 0 Å². The summed E-state index contributed by atoms with van der Waals surface area (Å²) in [4.78, 5) is 8.85. The third kappa shape index (κ3) is 1.84. The zero-order valence-corrected chi connectivity index (χ0v) is 11.6. The zero-order valence-electron chi connectivity index (χ0n) is 11.6. The maximum atomic E-state index is 4.48. The fourth-order valence-electron chi connectivity index (χ4n) is 2.65. The average Bonchev–Trinajstić information content (AvgIpc) is 2.97. The quantitative estimate of drug-likeness (QED) is 0.607. The molecule has 4 aromatic rings. The van der Waals surface area contributed by atoms with Gasteiger partial charge in [-0.05, 0) is 17.5 Å². The maximum absolute atomic E-state index is 4.48. The first-order valence-electron chi connectivity index (χ1n) is 6.85. The smallest absolute Gasteiger partial charge is 0.137 e. The summed E-state index contributed by atoms with van der Waals surface area (Å²) >= 11 is 0. The van der Waals surface area contributed by atoms with Gasteiger partial charge in [-0.1, -0.05) is 24.3 Å². The number of imidazole rings is 1. The van der Waals surface area contributed by atoms with E-state index < -0.39 is 0 Å². The van der Waals surface area contributed by atoms with Crippen LogP contribution in [0.3, 0.4) is 0 Å². The molecule has 0 spiro atoms. The van der Waals surface area contributed by atoms with Crippen LogP contribution in [-0.4, -0.2) is 21.4 Å². The molecular formula is C17H14N4. The van der Waals surface area contributed by atoms with Crippen LogP contribution in [0.15, 0.2) is 61.2 Å². The molecule has 0 atom stereocenters. The Kier molecular flexibility index (Phi) is 2.60. The highest BCUT2D eigenvalue weighted by molar-refractivity contribution is 5.95. The Morgan fingerprint density at radius 2 is 1.90 bits per heavy atom. The second-order valence-electron chi connectivity index (χ2n) is 4.95. The molecule has 102 valence electrons. The number of nitrogens with zero attached hydrogens (tertiary/aromatic N) is 3. The van der Waals surface area contributed by atoms with Gasteiger partial charge in [-0.2, -0.15) is 0 Å². The molecule has 0 aliphatic heterocycles. The maximum Gasteiger partial charge on any atom is 0.137 e. The van der Waals surface area contributed by atoms with Gasteiger partial charge in [-0.25, -0.2) is 4.98 Å². The molecule has 0 aliphatic rings. The first-order valence-corrected chi connectivity index (χ1v) is 6.85. The van der Waals surface area contributed by atoms with E-state index in [1.165, 1.54) is 5.39 Å². The summed E-state index contributed by atoms with van der Waals surface area (Å²) < 4.78 is 2.09. The van der Waals surface area contributed by atoms with E-state index in [1.807, 2.05) is 49.9 Å². The highest BCUT2D eigenvalue weighted by Gasteiger charge is 2.10. The molecule has 21 heavy (non-hydrogen) atoms. The lowest BCUT2D eigenvalue weighted by atomic mass is 10.1. The van der Waals surface area contributed by atoms with Crippen LogP contribution >= 0.6 is 0 Å². The summed E-state index contributed by atoms with van der Waals surface area (Å²) in [5, 5.41) is 5.48. The monoisotopic (exact) mass is 274 g/mol. The van der Waals surface area contributed by atoms with Gasteiger partial charge in [-0.15, -0.1) is 0 Å². The zero-order chi connectivity index (χ0) is 14.2. The SMILES string of the molecule is CNc1ccc2ncc(-c3cncc4ccccc34)n2c1. The molecule has 0 radical (unpaired) electrons. The van der Waals surface area contributed by atoms with Gasteiger partial charge in [-0.3, -0.25) is 9.38 Å². The first kappa shape index (κ1) is 11.9. The van der Waals surface area contributed by atoms with Crippen molar-refractivity contribution in [2.24, 2.45) is 0 Å². The number of hydrogen-bond acceptors (Lipinski definition) is 3. The van der Waals surface area contributed by atoms with E-state index in [4.69, 9.17) is 0 Å². The highest BCUT2D eigenvalue weighted by Crippen LogP contribution is 2.28. The third-order valence-corrected chi connectivity index (χ3v) is 3.74. The Balaban J connectivity index is 2.04. The predicted molar refractivity (Wildman–Crippen MR) is 85.5 cm³/mol. The third-order valence-electron chi connectivity index (χ3n) is 3.74. The largest absolute Gasteiger partial charge is 0.387 e. The molecular weight excluding hydrogens is 260 g/mol. The van der Waals surface area contributed by atoms with Crippen molar-refractivity contribution in [2.45, 2.75) is 0 Å². The molecule has 1 aromatic carbocycles. The topological polar surface area (TPSA) is 42.2 Å². The van der Waals surface area contributed by atoms with Crippen LogP contribution in [0, 0.1) is 0 Å². The van der Waals surface area contributed by atoms with Crippen molar-refractivity contribution in [3.63, 3.8) is 0 Å². The molecule has 0 saturated heterocycles. The Labute approximate surface area is 122 Å². The molecule has 3 heterocycles. The van der Waals surface area contributed by atoms with Crippen LogP contribution in [0.5, 0.6) is 0 Å². The fourth-order valence-corrected chi connectivity index (χ4v) is 2.65. The van der Waals surface area contributed by atoms with Gasteiger partial charge in [0.2, 0.25) is 0 Å². The standard InChI is InChI=1S/C17H14N4/c1-18-13-6-7-17-20-10-16(21(17)11-13)15-9-19-8-12-4-2-3-5-14(12)15/h2-11,18H,1H3. The second kappa shape index (κ2) is 4.59. The summed E-state index contributed by atoms with van der Waals surface area (Å²) in [5.41, 5.74) is 4.12. The van der Waals surface area contributed by atoms with Gasteiger partial charge >= 0.3 is 0 Å². The summed E-state index contributed by atoms with van der Waals surface area (Å²) in [6, 6.07) is 12.3. The van der Waals surface area contributed by atoms with Crippen LogP contribution in [-0.2, 0) is 0 Å². The van der Waals surface area contributed by atoms with Crippen LogP contribution in [0.4, 0.5) is 5.69 Å². The summed E-state index contributed by atoms with van der Waals surface area (Å²) in [6.45, 7) is 0. The van der Waals surface area contributed by atoms with Crippen molar-refractivity contribution in [3.8, 4) is 11.3 Å². The lowest BCUT2D eigenvalue weighted by Gasteiger charge is -2.07. The lowest BCUT2D eigenvalue weighted by molar-refractivity contribution is 1.18. The minimum absolute atomic E-state index is 0.928. The number of pyridine rings is 2. The van der Waals surface area contributed by atoms with Crippen molar-refractivity contribution in [1.29, 1.82) is 0 Å². The fraction of sp³-hybridized carbons (Fsp3) is 0.0588. The lowest BCUT2D eigenvalue weighted by Crippen LogP contribution is -1.94. The van der Waals surface area contributed by atoms with E-state index in [2.05, 4.69) is 38.0 Å². The Bertz CT molecular complexity index is 934. The van der Waals surface area contributed by atoms with Gasteiger partial charge < -0.3 is 5.32 Å². The number of aromatic nitrogens is 3. The molecule has 0 bridgehead atoms. The molecule has 3 aromatic heterocycles. The first-order chi connectivity index (χ1) is 10.4. The van der Waals surface area contributed by atoms with E-state index in [1.54, 1.807) is 0 Å². The highest BCUT2D eigenvalue weighted by atomic mass is 15.0. The van der Waals surface area contributed by atoms with E-state index >= 15 is 0 Å². The summed E-state index contributed by atoms with van der Waals surface area (Å²) in [7, 11) is 1.91. The number of nitrogens with one attached hydrogen (secondary N) is 1. The van der Waals surface area contributed by atoms with Crippen molar-refractivity contribution in [1.82, 2.24) is 14.4 Å². The minimum Gasteiger partial charge on any atom is -0.387 e. The van der Waals surface area contributed by atoms with E-state index in [-0.39, 0.29) is 0 Å². The van der Waals surface area contributed by atoms with Gasteiger partial charge in [0.15, 0.2) is 0 Å². The molecule has 0 unspecified atom stereocenters. The Hall–Kier alpha value is -2.88. The van der Waals surface area contributed by atoms with Crippen LogP contribution in [0.1, 0.15) is 0 Å². The molecule has 4 nitrogen and oxygen atoms in total. The molecule has 0 fully saturated rings. The molecule has 0 aliphatic carbocycles. The van der Waals surface area contributed by atoms with Gasteiger partial charge in [0, 0.05) is 36.6 Å². The molecule has 4 heteroatoms. The van der Waals surface area contributed by atoms with Crippen molar-refractivity contribution >= 4 is 22.1 Å². The Morgan fingerprint density at radius 3 is 2.81 bits per heavy atom. The van der Waals surface area contributed by atoms with Crippen molar-refractivity contribution < 1.29 is 0 Å². The second-order valence-corrected chi connectivity index (χ2v) is 4.95. The minimum atomic E-state index is 0.928. The van der Waals surface area contributed by atoms with E-state index in [0.29, 0.717) is 0 Å². The van der Waals surface area contributed by atoms with Gasteiger partial charge in [0.05, 0.1) is 17.6 Å². The molecule has 4 rings (SSSR count). The van der Waals surface area contributed by atoms with Crippen LogP contribution in [0.25, 0.3) is 27.7 Å². The van der Waals surface area contributed by atoms with Crippen molar-refractivity contribution in [2.75, 3.05) is 12.4 Å². The molecule has 1 N–H and O–H groups in total. The summed E-state index contributed by atoms with van der Waals surface area (Å²) in [5.74, 6) is 0. The normalized spacial score (nSPS) is 11.1. The number of benzene rings is 1. The van der Waals surface area contributed by atoms with E-state index in [9.17, 15) is 0 Å². The molecule has 0 amide bonds. The van der Waals surface area contributed by atoms with E-state index in [0.717, 1.165) is 28.0 Å². The number of fused-ring (bicyclic) bond motifs is 2. The summed E-state index contributed by atoms with van der Waals surface area (Å²) in [6.07, 6.45) is 7.75. The van der Waals surface area contributed by atoms with Gasteiger partial charge in [0.1, 0.15) is 5.65 Å². The number of anilines is 1. The van der Waals surface area contributed by atoms with Gasteiger partial charge in [0.25, 0.3) is 0 Å².